The van der Waals surface area contributed by atoms with Gasteiger partial charge in [-0.3, -0.25) is 0 Å². The van der Waals surface area contributed by atoms with Crippen molar-refractivity contribution in [3.05, 3.63) is 36.5 Å². The molecule has 0 unspecified atom stereocenters. The molecule has 0 saturated heterocycles. The van der Waals surface area contributed by atoms with Gasteiger partial charge in [0.2, 0.25) is 0 Å². The lowest BCUT2D eigenvalue weighted by Crippen LogP contribution is -2.45. The van der Waals surface area contributed by atoms with E-state index in [9.17, 15) is 14.4 Å². The SMILES string of the molecule is CCOC(=O)[C@H](Cc1nc2c(-c3cnn(C(=O)O)c3)cccc2o1)NC(=O)OC(C)(C)C. The van der Waals surface area contributed by atoms with Crippen LogP contribution >= 0.6 is 0 Å². The third-order valence-electron chi connectivity index (χ3n) is 4.19. The fourth-order valence-electron chi connectivity index (χ4n) is 2.94. The number of alkyl carbamates (subject to hydrolysis) is 1. The van der Waals surface area contributed by atoms with Crippen LogP contribution in [0.1, 0.15) is 33.6 Å². The molecule has 0 bridgehead atoms. The molecule has 1 atom stereocenters. The van der Waals surface area contributed by atoms with Gasteiger partial charge >= 0.3 is 18.2 Å². The van der Waals surface area contributed by atoms with Crippen LogP contribution in [0.4, 0.5) is 9.59 Å². The number of rotatable bonds is 6. The minimum atomic E-state index is -1.21. The predicted octanol–water partition coefficient (Wildman–Crippen LogP) is 3.22. The number of amides is 1. The molecule has 11 nitrogen and oxygen atoms in total. The Morgan fingerprint density at radius 3 is 2.66 bits per heavy atom. The van der Waals surface area contributed by atoms with Gasteiger partial charge in [-0.25, -0.2) is 19.4 Å². The number of aromatic nitrogens is 3. The summed E-state index contributed by atoms with van der Waals surface area (Å²) in [6.45, 7) is 6.92. The van der Waals surface area contributed by atoms with Crippen molar-refractivity contribution >= 4 is 29.3 Å². The Balaban J connectivity index is 1.88. The Hall–Kier alpha value is -3.89. The van der Waals surface area contributed by atoms with Gasteiger partial charge in [-0.05, 0) is 33.8 Å². The van der Waals surface area contributed by atoms with Crippen LogP contribution in [-0.2, 0) is 20.7 Å². The number of nitrogens with one attached hydrogen (secondary N) is 1. The molecule has 1 aromatic carbocycles. The van der Waals surface area contributed by atoms with Gasteiger partial charge in [-0.1, -0.05) is 12.1 Å². The fourth-order valence-corrected chi connectivity index (χ4v) is 2.94. The molecule has 0 aliphatic heterocycles. The highest BCUT2D eigenvalue weighted by Crippen LogP contribution is 2.29. The van der Waals surface area contributed by atoms with Gasteiger partial charge in [-0.15, -0.1) is 0 Å². The summed E-state index contributed by atoms with van der Waals surface area (Å²) >= 11 is 0. The summed E-state index contributed by atoms with van der Waals surface area (Å²) in [6, 6.07) is 4.10. The lowest BCUT2D eigenvalue weighted by Gasteiger charge is -2.22. The van der Waals surface area contributed by atoms with Crippen LogP contribution in [0, 0.1) is 0 Å². The van der Waals surface area contributed by atoms with Crippen molar-refractivity contribution in [1.29, 1.82) is 0 Å². The number of nitrogens with zero attached hydrogens (tertiary/aromatic N) is 3. The first kappa shape index (κ1) is 22.8. The standard InChI is InChI=1S/C21H24N4O7/c1-5-30-18(26)14(23-19(27)32-21(2,3)4)9-16-24-17-13(7-6-8-15(17)31-16)12-10-22-25(11-12)20(28)29/h6-8,10-11,14H,5,9H2,1-4H3,(H,23,27)(H,28,29)/t14-/m0/s1. The number of hydrogen-bond donors (Lipinski definition) is 2. The maximum atomic E-state index is 12.4. The lowest BCUT2D eigenvalue weighted by molar-refractivity contribution is -0.145. The lowest BCUT2D eigenvalue weighted by atomic mass is 10.1. The monoisotopic (exact) mass is 444 g/mol. The maximum Gasteiger partial charge on any atom is 0.432 e. The second-order valence-electron chi connectivity index (χ2n) is 7.87. The van der Waals surface area contributed by atoms with E-state index < -0.39 is 29.8 Å². The molecule has 1 amide bonds. The molecule has 0 aliphatic rings. The molecule has 2 N–H and O–H groups in total. The predicted molar refractivity (Wildman–Crippen MR) is 112 cm³/mol. The van der Waals surface area contributed by atoms with Gasteiger partial charge < -0.3 is 24.3 Å². The average Bonchev–Trinajstić information content (AvgIpc) is 3.32. The molecule has 32 heavy (non-hydrogen) atoms. The van der Waals surface area contributed by atoms with Crippen LogP contribution in [0.5, 0.6) is 0 Å². The summed E-state index contributed by atoms with van der Waals surface area (Å²) in [4.78, 5) is 40.1. The number of oxazole rings is 1. The third kappa shape index (κ3) is 5.42. The Morgan fingerprint density at radius 2 is 2.03 bits per heavy atom. The molecular weight excluding hydrogens is 420 g/mol. The van der Waals surface area contributed by atoms with Crippen molar-refractivity contribution in [2.45, 2.75) is 45.8 Å². The minimum absolute atomic E-state index is 0.0689. The molecule has 3 rings (SSSR count). The number of carbonyl (C=O) groups is 3. The number of para-hydroxylation sites is 1. The molecule has 0 aliphatic carbocycles. The van der Waals surface area contributed by atoms with Crippen molar-refractivity contribution in [2.24, 2.45) is 0 Å². The van der Waals surface area contributed by atoms with Gasteiger partial charge in [0.1, 0.15) is 17.2 Å². The van der Waals surface area contributed by atoms with Crippen LogP contribution < -0.4 is 5.32 Å². The quantitative estimate of drug-likeness (QED) is 0.547. The second-order valence-corrected chi connectivity index (χ2v) is 7.87. The van der Waals surface area contributed by atoms with E-state index in [1.54, 1.807) is 45.9 Å². The first-order chi connectivity index (χ1) is 15.1. The van der Waals surface area contributed by atoms with Gasteiger partial charge in [0.05, 0.1) is 19.2 Å². The molecule has 170 valence electrons. The smallest absolute Gasteiger partial charge is 0.432 e. The number of carboxylic acid groups (broad SMARTS) is 1. The van der Waals surface area contributed by atoms with Gasteiger partial charge in [0.15, 0.2) is 11.5 Å². The van der Waals surface area contributed by atoms with Crippen molar-refractivity contribution < 1.29 is 33.4 Å². The summed E-state index contributed by atoms with van der Waals surface area (Å²) in [6.07, 6.45) is 0.712. The minimum Gasteiger partial charge on any atom is -0.464 e. The van der Waals surface area contributed by atoms with E-state index >= 15 is 0 Å². The van der Waals surface area contributed by atoms with Crippen LogP contribution in [0.2, 0.25) is 0 Å². The fraction of sp³-hybridized carbons (Fsp3) is 0.381. The Kier molecular flexibility index (Phi) is 6.47. The summed E-state index contributed by atoms with van der Waals surface area (Å²) in [5.41, 5.74) is 1.30. The number of hydrogen-bond acceptors (Lipinski definition) is 8. The zero-order valence-electron chi connectivity index (χ0n) is 18.1. The molecule has 0 radical (unpaired) electrons. The van der Waals surface area contributed by atoms with Crippen LogP contribution in [0.3, 0.4) is 0 Å². The van der Waals surface area contributed by atoms with E-state index in [1.165, 1.54) is 12.4 Å². The molecule has 0 spiro atoms. The summed E-state index contributed by atoms with van der Waals surface area (Å²) in [5, 5.41) is 15.4. The van der Waals surface area contributed by atoms with E-state index in [0.29, 0.717) is 22.2 Å². The number of esters is 1. The normalized spacial score (nSPS) is 12.4. The Labute approximate surface area is 183 Å². The first-order valence-corrected chi connectivity index (χ1v) is 9.90. The second kappa shape index (κ2) is 9.08. The van der Waals surface area contributed by atoms with Crippen LogP contribution in [-0.4, -0.2) is 56.3 Å². The van der Waals surface area contributed by atoms with E-state index in [-0.39, 0.29) is 18.9 Å². The maximum absolute atomic E-state index is 12.4. The van der Waals surface area contributed by atoms with Crippen molar-refractivity contribution in [2.75, 3.05) is 6.61 Å². The number of carbonyl (C=O) groups excluding carboxylic acids is 2. The number of benzene rings is 1. The summed E-state index contributed by atoms with van der Waals surface area (Å²) < 4.78 is 16.8. The zero-order valence-corrected chi connectivity index (χ0v) is 18.1. The van der Waals surface area contributed by atoms with Crippen molar-refractivity contribution in [1.82, 2.24) is 20.1 Å². The molecule has 0 fully saturated rings. The highest BCUT2D eigenvalue weighted by atomic mass is 16.6. The van der Waals surface area contributed by atoms with E-state index in [0.717, 1.165) is 4.68 Å². The molecule has 0 saturated carbocycles. The molecule has 11 heteroatoms. The van der Waals surface area contributed by atoms with Gasteiger partial charge in [0.25, 0.3) is 0 Å². The molecular formula is C21H24N4O7. The van der Waals surface area contributed by atoms with E-state index in [1.807, 2.05) is 0 Å². The molecule has 2 heterocycles. The topological polar surface area (TPSA) is 146 Å². The van der Waals surface area contributed by atoms with Crippen LogP contribution in [0.15, 0.2) is 35.0 Å². The van der Waals surface area contributed by atoms with E-state index in [2.05, 4.69) is 15.4 Å². The highest BCUT2D eigenvalue weighted by molar-refractivity contribution is 5.91. The first-order valence-electron chi connectivity index (χ1n) is 9.90. The van der Waals surface area contributed by atoms with Gasteiger partial charge in [-0.2, -0.15) is 9.78 Å². The Bertz CT molecular complexity index is 1140. The van der Waals surface area contributed by atoms with Crippen molar-refractivity contribution in [3.8, 4) is 11.1 Å². The van der Waals surface area contributed by atoms with Crippen molar-refractivity contribution in [3.63, 3.8) is 0 Å². The van der Waals surface area contributed by atoms with E-state index in [4.69, 9.17) is 19.0 Å². The largest absolute Gasteiger partial charge is 0.464 e. The number of ether oxygens (including phenoxy) is 2. The Morgan fingerprint density at radius 1 is 1.28 bits per heavy atom. The molecule has 2 aromatic heterocycles. The van der Waals surface area contributed by atoms with Gasteiger partial charge in [0, 0.05) is 17.3 Å². The summed E-state index contributed by atoms with van der Waals surface area (Å²) in [5.74, 6) is -0.462. The summed E-state index contributed by atoms with van der Waals surface area (Å²) in [7, 11) is 0. The molecule has 3 aromatic rings. The number of fused-ring (bicyclic) bond motifs is 1. The third-order valence-corrected chi connectivity index (χ3v) is 4.19. The average molecular weight is 444 g/mol. The highest BCUT2D eigenvalue weighted by Gasteiger charge is 2.28. The van der Waals surface area contributed by atoms with Crippen LogP contribution in [0.25, 0.3) is 22.2 Å². The zero-order chi connectivity index (χ0) is 23.5.